The van der Waals surface area contributed by atoms with E-state index in [2.05, 4.69) is 43.2 Å². The molecule has 0 aromatic heterocycles. The number of guanidine groups is 1. The zero-order valence-electron chi connectivity index (χ0n) is 14.8. The third-order valence-corrected chi connectivity index (χ3v) is 4.64. The highest BCUT2D eigenvalue weighted by molar-refractivity contribution is 14.0. The predicted molar refractivity (Wildman–Crippen MR) is 106 cm³/mol. The van der Waals surface area contributed by atoms with Crippen molar-refractivity contribution < 1.29 is 0 Å². The van der Waals surface area contributed by atoms with Crippen LogP contribution in [0.1, 0.15) is 53.4 Å². The molecule has 2 rings (SSSR count). The summed E-state index contributed by atoms with van der Waals surface area (Å²) in [5.74, 6) is 2.95. The van der Waals surface area contributed by atoms with Crippen LogP contribution in [0.15, 0.2) is 4.99 Å². The van der Waals surface area contributed by atoms with E-state index in [1.165, 1.54) is 38.8 Å². The largest absolute Gasteiger partial charge is 0.357 e. The maximum Gasteiger partial charge on any atom is 0.193 e. The summed E-state index contributed by atoms with van der Waals surface area (Å²) in [5.41, 5.74) is 0.177. The standard InChI is InChI=1S/C17H34N4.HI/c1-5-18-16(19-10-11-20-17(2,3)4)21-12-14-8-6-7-9-15(14)13-21;/h14-15,20H,5-13H2,1-4H3,(H,18,19);1H. The maximum absolute atomic E-state index is 4.83. The van der Waals surface area contributed by atoms with Gasteiger partial charge in [-0.3, -0.25) is 4.99 Å². The van der Waals surface area contributed by atoms with E-state index in [0.29, 0.717) is 0 Å². The Balaban J connectivity index is 0.00000242. The number of hydrogen-bond donors (Lipinski definition) is 2. The molecule has 4 nitrogen and oxygen atoms in total. The molecular weight excluding hydrogens is 387 g/mol. The minimum absolute atomic E-state index is 0. The number of nitrogens with one attached hydrogen (secondary N) is 2. The SMILES string of the molecule is CCNC(=NCCNC(C)(C)C)N1CC2CCCCC2C1.I. The van der Waals surface area contributed by atoms with Crippen LogP contribution in [0, 0.1) is 11.8 Å². The van der Waals surface area contributed by atoms with E-state index < -0.39 is 0 Å². The van der Waals surface area contributed by atoms with E-state index in [0.717, 1.165) is 37.4 Å². The topological polar surface area (TPSA) is 39.7 Å². The van der Waals surface area contributed by atoms with E-state index in [1.54, 1.807) is 0 Å². The Bertz CT molecular complexity index is 337. The minimum atomic E-state index is 0. The van der Waals surface area contributed by atoms with Gasteiger partial charge in [0.1, 0.15) is 0 Å². The van der Waals surface area contributed by atoms with Crippen LogP contribution in [-0.4, -0.2) is 49.1 Å². The van der Waals surface area contributed by atoms with Crippen molar-refractivity contribution >= 4 is 29.9 Å². The first-order chi connectivity index (χ1) is 9.99. The quantitative estimate of drug-likeness (QED) is 0.317. The first kappa shape index (κ1) is 20.0. The second-order valence-electron chi connectivity index (χ2n) is 7.62. The zero-order chi connectivity index (χ0) is 15.3. The van der Waals surface area contributed by atoms with E-state index in [4.69, 9.17) is 4.99 Å². The monoisotopic (exact) mass is 422 g/mol. The fraction of sp³-hybridized carbons (Fsp3) is 0.941. The summed E-state index contributed by atoms with van der Waals surface area (Å²) in [4.78, 5) is 7.33. The molecule has 0 amide bonds. The molecule has 2 N–H and O–H groups in total. The molecule has 2 atom stereocenters. The van der Waals surface area contributed by atoms with Crippen molar-refractivity contribution in [3.8, 4) is 0 Å². The van der Waals surface area contributed by atoms with Gasteiger partial charge in [0.15, 0.2) is 5.96 Å². The van der Waals surface area contributed by atoms with Crippen LogP contribution in [0.4, 0.5) is 0 Å². The van der Waals surface area contributed by atoms with Crippen LogP contribution >= 0.6 is 24.0 Å². The fourth-order valence-electron chi connectivity index (χ4n) is 3.60. The third kappa shape index (κ3) is 6.22. The van der Waals surface area contributed by atoms with Gasteiger partial charge in [0.25, 0.3) is 0 Å². The van der Waals surface area contributed by atoms with Gasteiger partial charge in [0.2, 0.25) is 0 Å². The average Bonchev–Trinajstić information content (AvgIpc) is 2.84. The van der Waals surface area contributed by atoms with Gasteiger partial charge in [-0.15, -0.1) is 24.0 Å². The Morgan fingerprint density at radius 1 is 1.14 bits per heavy atom. The Morgan fingerprint density at radius 3 is 2.23 bits per heavy atom. The molecule has 22 heavy (non-hydrogen) atoms. The van der Waals surface area contributed by atoms with Crippen LogP contribution in [0.25, 0.3) is 0 Å². The lowest BCUT2D eigenvalue weighted by molar-refractivity contribution is 0.299. The molecule has 1 aliphatic heterocycles. The van der Waals surface area contributed by atoms with Crippen LogP contribution < -0.4 is 10.6 Å². The summed E-state index contributed by atoms with van der Waals surface area (Å²) in [6.45, 7) is 13.9. The maximum atomic E-state index is 4.83. The summed E-state index contributed by atoms with van der Waals surface area (Å²) >= 11 is 0. The molecule has 1 saturated heterocycles. The first-order valence-electron chi connectivity index (χ1n) is 8.78. The summed E-state index contributed by atoms with van der Waals surface area (Å²) in [7, 11) is 0. The van der Waals surface area contributed by atoms with Gasteiger partial charge in [0.05, 0.1) is 6.54 Å². The number of rotatable bonds is 4. The lowest BCUT2D eigenvalue weighted by Crippen LogP contribution is -2.41. The van der Waals surface area contributed by atoms with Crippen molar-refractivity contribution in [3.63, 3.8) is 0 Å². The molecule has 0 bridgehead atoms. The lowest BCUT2D eigenvalue weighted by Gasteiger charge is -2.23. The van der Waals surface area contributed by atoms with Gasteiger partial charge in [-0.25, -0.2) is 0 Å². The molecule has 0 spiro atoms. The van der Waals surface area contributed by atoms with Crippen molar-refractivity contribution in [1.82, 2.24) is 15.5 Å². The molecule has 1 saturated carbocycles. The normalized spacial score (nSPS) is 25.6. The van der Waals surface area contributed by atoms with Crippen molar-refractivity contribution in [3.05, 3.63) is 0 Å². The van der Waals surface area contributed by atoms with Crippen LogP contribution in [-0.2, 0) is 0 Å². The van der Waals surface area contributed by atoms with Crippen LogP contribution in [0.2, 0.25) is 0 Å². The molecule has 0 aromatic rings. The molecule has 5 heteroatoms. The number of hydrogen-bond acceptors (Lipinski definition) is 2. The van der Waals surface area contributed by atoms with Gasteiger partial charge in [-0.05, 0) is 52.4 Å². The van der Waals surface area contributed by atoms with Crippen molar-refractivity contribution in [1.29, 1.82) is 0 Å². The van der Waals surface area contributed by atoms with Crippen molar-refractivity contribution in [2.45, 2.75) is 58.9 Å². The Hall–Kier alpha value is -0.0400. The Kier molecular flexibility index (Phi) is 8.46. The third-order valence-electron chi connectivity index (χ3n) is 4.64. The molecule has 2 fully saturated rings. The van der Waals surface area contributed by atoms with Crippen LogP contribution in [0.5, 0.6) is 0 Å². The highest BCUT2D eigenvalue weighted by atomic mass is 127. The molecule has 2 aliphatic rings. The van der Waals surface area contributed by atoms with Crippen molar-refractivity contribution in [2.75, 3.05) is 32.7 Å². The molecule has 1 aliphatic carbocycles. The van der Waals surface area contributed by atoms with Gasteiger partial charge in [-0.1, -0.05) is 12.8 Å². The van der Waals surface area contributed by atoms with E-state index >= 15 is 0 Å². The lowest BCUT2D eigenvalue weighted by atomic mass is 9.82. The number of nitrogens with zero attached hydrogens (tertiary/aromatic N) is 2. The average molecular weight is 422 g/mol. The predicted octanol–water partition coefficient (Wildman–Crippen LogP) is 3.08. The number of aliphatic imine (C=N–C) groups is 1. The van der Waals surface area contributed by atoms with Gasteiger partial charge in [0, 0.05) is 31.7 Å². The Labute approximate surface area is 153 Å². The molecule has 0 aromatic carbocycles. The number of likely N-dealkylation sites (tertiary alicyclic amines) is 1. The first-order valence-corrected chi connectivity index (χ1v) is 8.78. The molecule has 130 valence electrons. The van der Waals surface area contributed by atoms with Gasteiger partial charge in [-0.2, -0.15) is 0 Å². The Morgan fingerprint density at radius 2 is 1.73 bits per heavy atom. The second-order valence-corrected chi connectivity index (χ2v) is 7.62. The van der Waals surface area contributed by atoms with E-state index in [-0.39, 0.29) is 29.5 Å². The van der Waals surface area contributed by atoms with Gasteiger partial charge < -0.3 is 15.5 Å². The molecular formula is C17H35IN4. The minimum Gasteiger partial charge on any atom is -0.357 e. The second kappa shape index (κ2) is 9.30. The van der Waals surface area contributed by atoms with Gasteiger partial charge >= 0.3 is 0 Å². The highest BCUT2D eigenvalue weighted by Gasteiger charge is 2.35. The number of fused-ring (bicyclic) bond motifs is 1. The molecule has 0 radical (unpaired) electrons. The molecule has 1 heterocycles. The van der Waals surface area contributed by atoms with E-state index in [9.17, 15) is 0 Å². The summed E-state index contributed by atoms with van der Waals surface area (Å²) in [6.07, 6.45) is 5.70. The molecule has 2 unspecified atom stereocenters. The highest BCUT2D eigenvalue weighted by Crippen LogP contribution is 2.35. The fourth-order valence-corrected chi connectivity index (χ4v) is 3.60. The number of halogens is 1. The zero-order valence-corrected chi connectivity index (χ0v) is 17.2. The summed E-state index contributed by atoms with van der Waals surface area (Å²) in [6, 6.07) is 0. The summed E-state index contributed by atoms with van der Waals surface area (Å²) < 4.78 is 0. The van der Waals surface area contributed by atoms with Crippen LogP contribution in [0.3, 0.4) is 0 Å². The van der Waals surface area contributed by atoms with E-state index in [1.807, 2.05) is 0 Å². The van der Waals surface area contributed by atoms with Crippen molar-refractivity contribution in [2.24, 2.45) is 16.8 Å². The smallest absolute Gasteiger partial charge is 0.193 e. The summed E-state index contributed by atoms with van der Waals surface area (Å²) in [5, 5.41) is 6.99.